The van der Waals surface area contributed by atoms with Gasteiger partial charge in [-0.05, 0) is 50.1 Å². The van der Waals surface area contributed by atoms with Gasteiger partial charge in [-0.15, -0.1) is 0 Å². The number of carbonyl (C=O) groups is 2. The molecule has 0 spiro atoms. The first kappa shape index (κ1) is 25.8. The summed E-state index contributed by atoms with van der Waals surface area (Å²) in [5.41, 5.74) is 3.70. The number of hydrogen-bond donors (Lipinski definition) is 1. The van der Waals surface area contributed by atoms with Crippen LogP contribution in [0.3, 0.4) is 0 Å². The molecule has 174 valence electrons. The number of halogens is 1. The molecule has 2 amide bonds. The number of aryl methyl sites for hydroxylation is 3. The van der Waals surface area contributed by atoms with E-state index in [9.17, 15) is 18.0 Å². The van der Waals surface area contributed by atoms with Gasteiger partial charge < -0.3 is 10.2 Å². The van der Waals surface area contributed by atoms with Crippen LogP contribution in [0.2, 0.25) is 5.02 Å². The lowest BCUT2D eigenvalue weighted by atomic mass is 10.1. The second-order valence-corrected chi connectivity index (χ2v) is 10.1. The van der Waals surface area contributed by atoms with Crippen molar-refractivity contribution >= 4 is 39.1 Å². The molecule has 0 aliphatic heterocycles. The molecule has 0 saturated carbocycles. The van der Waals surface area contributed by atoms with Crippen molar-refractivity contribution in [2.24, 2.45) is 0 Å². The van der Waals surface area contributed by atoms with Gasteiger partial charge in [0.15, 0.2) is 0 Å². The third-order valence-corrected chi connectivity index (χ3v) is 7.56. The second-order valence-electron chi connectivity index (χ2n) is 7.71. The number of benzene rings is 2. The lowest BCUT2D eigenvalue weighted by Crippen LogP contribution is -2.35. The summed E-state index contributed by atoms with van der Waals surface area (Å²) in [4.78, 5) is 26.8. The van der Waals surface area contributed by atoms with E-state index in [-0.39, 0.29) is 27.9 Å². The Morgan fingerprint density at radius 2 is 1.56 bits per heavy atom. The van der Waals surface area contributed by atoms with Crippen molar-refractivity contribution in [1.82, 2.24) is 9.21 Å². The van der Waals surface area contributed by atoms with Crippen molar-refractivity contribution < 1.29 is 18.0 Å². The molecule has 0 aromatic heterocycles. The van der Waals surface area contributed by atoms with Crippen molar-refractivity contribution in [1.29, 1.82) is 0 Å². The maximum Gasteiger partial charge on any atom is 0.255 e. The first-order chi connectivity index (χ1) is 14.9. The highest BCUT2D eigenvalue weighted by molar-refractivity contribution is 7.89. The molecule has 2 aromatic rings. The average Bonchev–Trinajstić information content (AvgIpc) is 2.71. The van der Waals surface area contributed by atoms with E-state index in [1.54, 1.807) is 13.8 Å². The highest BCUT2D eigenvalue weighted by Gasteiger charge is 2.25. The molecule has 32 heavy (non-hydrogen) atoms. The van der Waals surface area contributed by atoms with Gasteiger partial charge in [0.05, 0.1) is 22.0 Å². The minimum absolute atomic E-state index is 0.0160. The first-order valence-electron chi connectivity index (χ1n) is 10.3. The first-order valence-corrected chi connectivity index (χ1v) is 12.2. The molecule has 2 aromatic carbocycles. The number of likely N-dealkylation sites (N-methyl/N-ethyl adjacent to an activating group) is 1. The molecule has 0 bridgehead atoms. The summed E-state index contributed by atoms with van der Waals surface area (Å²) in [6.07, 6.45) is 0. The quantitative estimate of drug-likeness (QED) is 0.619. The zero-order valence-corrected chi connectivity index (χ0v) is 20.9. The number of hydrogen-bond acceptors (Lipinski definition) is 4. The summed E-state index contributed by atoms with van der Waals surface area (Å²) in [5.74, 6) is -0.905. The molecule has 0 unspecified atom stereocenters. The summed E-state index contributed by atoms with van der Waals surface area (Å²) in [7, 11) is -2.28. The predicted molar refractivity (Wildman–Crippen MR) is 128 cm³/mol. The second kappa shape index (κ2) is 10.5. The number of anilines is 1. The highest BCUT2D eigenvalue weighted by atomic mass is 35.5. The van der Waals surface area contributed by atoms with E-state index in [0.717, 1.165) is 16.7 Å². The van der Waals surface area contributed by atoms with Crippen molar-refractivity contribution in [3.8, 4) is 0 Å². The van der Waals surface area contributed by atoms with Crippen LogP contribution in [-0.4, -0.2) is 56.1 Å². The van der Waals surface area contributed by atoms with Crippen molar-refractivity contribution in [3.05, 3.63) is 57.6 Å². The third kappa shape index (κ3) is 5.68. The van der Waals surface area contributed by atoms with E-state index in [1.165, 1.54) is 34.5 Å². The predicted octanol–water partition coefficient (Wildman–Crippen LogP) is 4.01. The number of nitrogens with one attached hydrogen (secondary N) is 1. The molecule has 2 rings (SSSR count). The zero-order valence-electron chi connectivity index (χ0n) is 19.3. The Morgan fingerprint density at radius 1 is 1.00 bits per heavy atom. The molecule has 0 aliphatic carbocycles. The molecular weight excluding hydrogens is 450 g/mol. The van der Waals surface area contributed by atoms with E-state index in [0.29, 0.717) is 18.8 Å². The van der Waals surface area contributed by atoms with Gasteiger partial charge in [-0.2, -0.15) is 4.31 Å². The minimum atomic E-state index is -3.75. The average molecular weight is 480 g/mol. The van der Waals surface area contributed by atoms with Crippen LogP contribution < -0.4 is 5.32 Å². The summed E-state index contributed by atoms with van der Waals surface area (Å²) in [6.45, 7) is 9.69. The summed E-state index contributed by atoms with van der Waals surface area (Å²) in [5, 5.41) is 2.97. The number of carbonyl (C=O) groups excluding carboxylic acids is 2. The van der Waals surface area contributed by atoms with Crippen molar-refractivity contribution in [2.75, 3.05) is 32.0 Å². The molecule has 0 fully saturated rings. The molecule has 7 nitrogen and oxygen atoms in total. The number of rotatable bonds is 8. The summed E-state index contributed by atoms with van der Waals surface area (Å²) >= 11 is 6.20. The topological polar surface area (TPSA) is 86.8 Å². The fourth-order valence-electron chi connectivity index (χ4n) is 3.59. The van der Waals surface area contributed by atoms with Gasteiger partial charge >= 0.3 is 0 Å². The van der Waals surface area contributed by atoms with Crippen LogP contribution in [-0.2, 0) is 14.8 Å². The van der Waals surface area contributed by atoms with Gasteiger partial charge in [0.25, 0.3) is 5.91 Å². The van der Waals surface area contributed by atoms with E-state index in [4.69, 9.17) is 11.6 Å². The Morgan fingerprint density at radius 3 is 2.09 bits per heavy atom. The summed E-state index contributed by atoms with van der Waals surface area (Å²) < 4.78 is 26.9. The minimum Gasteiger partial charge on any atom is -0.332 e. The van der Waals surface area contributed by atoms with E-state index < -0.39 is 15.9 Å². The van der Waals surface area contributed by atoms with Crippen molar-refractivity contribution in [3.63, 3.8) is 0 Å². The molecular formula is C23H30ClN3O4S. The SMILES string of the molecule is CCN(CC)S(=O)(=O)c1ccc(Cl)c(C(=O)N(C)CC(=O)Nc2c(C)cc(C)cc2C)c1. The Balaban J connectivity index is 2.23. The number of sulfonamides is 1. The van der Waals surface area contributed by atoms with Crippen LogP contribution in [0.5, 0.6) is 0 Å². The van der Waals surface area contributed by atoms with Gasteiger partial charge in [-0.3, -0.25) is 9.59 Å². The fourth-order valence-corrected chi connectivity index (χ4v) is 5.27. The van der Waals surface area contributed by atoms with Crippen LogP contribution in [0.25, 0.3) is 0 Å². The molecule has 0 atom stereocenters. The number of amides is 2. The van der Waals surface area contributed by atoms with Gasteiger partial charge in [-0.1, -0.05) is 43.1 Å². The molecule has 9 heteroatoms. The Hall–Kier alpha value is -2.42. The largest absolute Gasteiger partial charge is 0.332 e. The maximum absolute atomic E-state index is 13.0. The molecule has 0 radical (unpaired) electrons. The third-order valence-electron chi connectivity index (χ3n) is 5.18. The van der Waals surface area contributed by atoms with E-state index in [1.807, 2.05) is 32.9 Å². The fraction of sp³-hybridized carbons (Fsp3) is 0.391. The van der Waals surface area contributed by atoms with Crippen LogP contribution >= 0.6 is 11.6 Å². The van der Waals surface area contributed by atoms with E-state index in [2.05, 4.69) is 5.32 Å². The van der Waals surface area contributed by atoms with E-state index >= 15 is 0 Å². The van der Waals surface area contributed by atoms with Gasteiger partial charge in [0, 0.05) is 25.8 Å². The maximum atomic E-state index is 13.0. The smallest absolute Gasteiger partial charge is 0.255 e. The lowest BCUT2D eigenvalue weighted by molar-refractivity contribution is -0.116. The van der Waals surface area contributed by atoms with Crippen LogP contribution in [0.1, 0.15) is 40.9 Å². The molecule has 1 N–H and O–H groups in total. The number of nitrogens with zero attached hydrogens (tertiary/aromatic N) is 2. The molecule has 0 aliphatic rings. The lowest BCUT2D eigenvalue weighted by Gasteiger charge is -2.21. The Kier molecular flexibility index (Phi) is 8.45. The summed E-state index contributed by atoms with van der Waals surface area (Å²) in [6, 6.07) is 7.97. The monoisotopic (exact) mass is 479 g/mol. The highest BCUT2D eigenvalue weighted by Crippen LogP contribution is 2.25. The zero-order chi connectivity index (χ0) is 24.2. The normalized spacial score (nSPS) is 11.5. The van der Waals surface area contributed by atoms with Crippen LogP contribution in [0.15, 0.2) is 35.2 Å². The van der Waals surface area contributed by atoms with Gasteiger partial charge in [0.2, 0.25) is 15.9 Å². The molecule has 0 heterocycles. The van der Waals surface area contributed by atoms with Gasteiger partial charge in [0.1, 0.15) is 0 Å². The standard InChI is InChI=1S/C23H30ClN3O4S/c1-7-27(8-2)32(30,31)18-9-10-20(24)19(13-18)23(29)26(6)14-21(28)25-22-16(4)11-15(3)12-17(22)5/h9-13H,7-8,14H2,1-6H3,(H,25,28). The van der Waals surface area contributed by atoms with Gasteiger partial charge in [-0.25, -0.2) is 8.42 Å². The van der Waals surface area contributed by atoms with Crippen LogP contribution in [0.4, 0.5) is 5.69 Å². The Bertz CT molecular complexity index is 1110. The molecule has 0 saturated heterocycles. The van der Waals surface area contributed by atoms with Crippen molar-refractivity contribution in [2.45, 2.75) is 39.5 Å². The van der Waals surface area contributed by atoms with Crippen LogP contribution in [0, 0.1) is 20.8 Å². The Labute approximate surface area is 195 Å².